The van der Waals surface area contributed by atoms with E-state index < -0.39 is 5.97 Å². The lowest BCUT2D eigenvalue weighted by Crippen LogP contribution is -2.26. The monoisotopic (exact) mass is 492 g/mol. The summed E-state index contributed by atoms with van der Waals surface area (Å²) in [6.07, 6.45) is 6.74. The van der Waals surface area contributed by atoms with Crippen molar-refractivity contribution in [2.45, 2.75) is 64.7 Å². The Kier molecular flexibility index (Phi) is 9.39. The maximum absolute atomic E-state index is 12.9. The second kappa shape index (κ2) is 12.3. The zero-order valence-corrected chi connectivity index (χ0v) is 22.1. The van der Waals surface area contributed by atoms with Gasteiger partial charge in [-0.3, -0.25) is 0 Å². The van der Waals surface area contributed by atoms with Crippen LogP contribution in [-0.4, -0.2) is 18.3 Å². The van der Waals surface area contributed by atoms with Crippen molar-refractivity contribution < 1.29 is 13.9 Å². The molecule has 0 saturated heterocycles. The fraction of sp³-hybridized carbons (Fsp3) is 0.400. The summed E-state index contributed by atoms with van der Waals surface area (Å²) in [4.78, 5) is 25.4. The van der Waals surface area contributed by atoms with Crippen molar-refractivity contribution in [3.05, 3.63) is 76.7 Å². The van der Waals surface area contributed by atoms with E-state index in [2.05, 4.69) is 46.4 Å². The highest BCUT2D eigenvalue weighted by Gasteiger charge is 2.24. The predicted octanol–water partition coefficient (Wildman–Crippen LogP) is 7.74. The molecule has 2 aromatic carbocycles. The SMILES string of the molecule is C=CC(=O)OCC(C)(CC)CSc1ccc2cc(-c3ccc(CCCCC)cc3C)c(=O)oc2c1. The molecule has 0 saturated carbocycles. The Morgan fingerprint density at radius 2 is 1.91 bits per heavy atom. The van der Waals surface area contributed by atoms with Gasteiger partial charge in [0.1, 0.15) is 5.58 Å². The maximum atomic E-state index is 12.9. The van der Waals surface area contributed by atoms with Gasteiger partial charge in [0.2, 0.25) is 0 Å². The molecule has 0 aliphatic carbocycles. The standard InChI is InChI=1S/C30H36O4S/c1-6-9-10-11-22-12-15-25(21(4)16-22)26-17-23-13-14-24(18-27(23)34-29(26)32)35-20-30(5,8-3)19-33-28(31)7-2/h7,12-18H,2,6,8-11,19-20H2,1,3-5H3. The second-order valence-electron chi connectivity index (χ2n) is 9.52. The highest BCUT2D eigenvalue weighted by molar-refractivity contribution is 7.99. The number of thioether (sulfide) groups is 1. The van der Waals surface area contributed by atoms with Crippen molar-refractivity contribution in [2.24, 2.45) is 5.41 Å². The van der Waals surface area contributed by atoms with Crippen LogP contribution in [0.25, 0.3) is 22.1 Å². The van der Waals surface area contributed by atoms with Crippen LogP contribution in [0.2, 0.25) is 0 Å². The molecular formula is C30H36O4S. The number of hydrogen-bond donors (Lipinski definition) is 0. The molecule has 0 radical (unpaired) electrons. The number of benzene rings is 2. The Morgan fingerprint density at radius 3 is 2.60 bits per heavy atom. The van der Waals surface area contributed by atoms with Gasteiger partial charge in [-0.2, -0.15) is 0 Å². The van der Waals surface area contributed by atoms with Crippen molar-refractivity contribution in [1.29, 1.82) is 0 Å². The molecule has 0 aliphatic heterocycles. The van der Waals surface area contributed by atoms with Gasteiger partial charge in [0.15, 0.2) is 0 Å². The van der Waals surface area contributed by atoms with E-state index in [1.165, 1.54) is 30.9 Å². The number of esters is 1. The molecule has 186 valence electrons. The van der Waals surface area contributed by atoms with Gasteiger partial charge in [0.25, 0.3) is 0 Å². The Labute approximate surface area is 212 Å². The third-order valence-corrected chi connectivity index (χ3v) is 7.96. The topological polar surface area (TPSA) is 56.5 Å². The number of ether oxygens (including phenoxy) is 1. The van der Waals surface area contributed by atoms with Gasteiger partial charge in [0.05, 0.1) is 12.2 Å². The van der Waals surface area contributed by atoms with Crippen LogP contribution in [0.4, 0.5) is 0 Å². The molecule has 1 unspecified atom stereocenters. The number of rotatable bonds is 12. The fourth-order valence-corrected chi connectivity index (χ4v) is 5.10. The average molecular weight is 493 g/mol. The predicted molar refractivity (Wildman–Crippen MR) is 146 cm³/mol. The lowest BCUT2D eigenvalue weighted by Gasteiger charge is -2.27. The zero-order chi connectivity index (χ0) is 25.4. The van der Waals surface area contributed by atoms with E-state index in [1.807, 2.05) is 30.3 Å². The maximum Gasteiger partial charge on any atom is 0.344 e. The van der Waals surface area contributed by atoms with Crippen molar-refractivity contribution >= 4 is 28.7 Å². The molecule has 0 fully saturated rings. The van der Waals surface area contributed by atoms with Gasteiger partial charge in [-0.25, -0.2) is 9.59 Å². The van der Waals surface area contributed by atoms with E-state index in [0.29, 0.717) is 17.8 Å². The summed E-state index contributed by atoms with van der Waals surface area (Å²) in [5.74, 6) is 0.366. The van der Waals surface area contributed by atoms with Gasteiger partial charge in [-0.15, -0.1) is 11.8 Å². The van der Waals surface area contributed by atoms with Crippen molar-refractivity contribution in [3.63, 3.8) is 0 Å². The zero-order valence-electron chi connectivity index (χ0n) is 21.3. The summed E-state index contributed by atoms with van der Waals surface area (Å²) >= 11 is 1.67. The third-order valence-electron chi connectivity index (χ3n) is 6.53. The minimum absolute atomic E-state index is 0.163. The van der Waals surface area contributed by atoms with E-state index in [-0.39, 0.29) is 11.0 Å². The molecule has 35 heavy (non-hydrogen) atoms. The minimum atomic E-state index is -0.403. The molecule has 3 aromatic rings. The number of hydrogen-bond acceptors (Lipinski definition) is 5. The van der Waals surface area contributed by atoms with Crippen LogP contribution in [-0.2, 0) is 16.0 Å². The summed E-state index contributed by atoms with van der Waals surface area (Å²) in [5.41, 5.74) is 4.01. The molecule has 1 heterocycles. The van der Waals surface area contributed by atoms with Gasteiger partial charge in [-0.1, -0.05) is 64.5 Å². The van der Waals surface area contributed by atoms with Crippen LogP contribution < -0.4 is 5.63 Å². The first kappa shape index (κ1) is 26.8. The molecule has 0 aliphatic rings. The Bertz CT molecular complexity index is 1240. The minimum Gasteiger partial charge on any atom is -0.462 e. The smallest absolute Gasteiger partial charge is 0.344 e. The van der Waals surface area contributed by atoms with Gasteiger partial charge in [0, 0.05) is 27.5 Å². The van der Waals surface area contributed by atoms with Crippen LogP contribution in [0.3, 0.4) is 0 Å². The van der Waals surface area contributed by atoms with E-state index in [4.69, 9.17) is 9.15 Å². The molecule has 0 bridgehead atoms. The molecule has 4 nitrogen and oxygen atoms in total. The highest BCUT2D eigenvalue weighted by Crippen LogP contribution is 2.33. The third kappa shape index (κ3) is 7.11. The molecular weight excluding hydrogens is 456 g/mol. The Morgan fingerprint density at radius 1 is 1.11 bits per heavy atom. The number of unbranched alkanes of at least 4 members (excludes halogenated alkanes) is 2. The number of aryl methyl sites for hydroxylation is 2. The summed E-state index contributed by atoms with van der Waals surface area (Å²) in [6, 6.07) is 14.2. The normalized spacial score (nSPS) is 12.9. The number of carbonyl (C=O) groups excluding carboxylic acids is 1. The summed E-state index contributed by atoms with van der Waals surface area (Å²) < 4.78 is 11.0. The lowest BCUT2D eigenvalue weighted by atomic mass is 9.91. The van der Waals surface area contributed by atoms with E-state index in [0.717, 1.165) is 40.0 Å². The Hall–Kier alpha value is -2.79. The molecule has 0 spiro atoms. The number of fused-ring (bicyclic) bond motifs is 1. The summed E-state index contributed by atoms with van der Waals surface area (Å²) in [5, 5.41) is 0.897. The van der Waals surface area contributed by atoms with Crippen LogP contribution in [0.1, 0.15) is 57.6 Å². The van der Waals surface area contributed by atoms with Gasteiger partial charge in [-0.05, 0) is 61.1 Å². The van der Waals surface area contributed by atoms with Crippen LogP contribution in [0, 0.1) is 12.3 Å². The summed E-state index contributed by atoms with van der Waals surface area (Å²) in [6.45, 7) is 12.2. The molecule has 3 rings (SSSR count). The van der Waals surface area contributed by atoms with Crippen LogP contribution in [0.5, 0.6) is 0 Å². The average Bonchev–Trinajstić information content (AvgIpc) is 2.86. The van der Waals surface area contributed by atoms with Crippen molar-refractivity contribution in [3.8, 4) is 11.1 Å². The van der Waals surface area contributed by atoms with E-state index >= 15 is 0 Å². The molecule has 0 N–H and O–H groups in total. The molecule has 0 amide bonds. The molecule has 1 atom stereocenters. The first-order valence-electron chi connectivity index (χ1n) is 12.4. The van der Waals surface area contributed by atoms with Crippen LogP contribution >= 0.6 is 11.8 Å². The van der Waals surface area contributed by atoms with Crippen molar-refractivity contribution in [1.82, 2.24) is 0 Å². The first-order chi connectivity index (χ1) is 16.8. The molecule has 5 heteroatoms. The second-order valence-corrected chi connectivity index (χ2v) is 10.6. The fourth-order valence-electron chi connectivity index (χ4n) is 3.94. The van der Waals surface area contributed by atoms with Crippen molar-refractivity contribution in [2.75, 3.05) is 12.4 Å². The quantitative estimate of drug-likeness (QED) is 0.0851. The van der Waals surface area contributed by atoms with E-state index in [9.17, 15) is 9.59 Å². The summed E-state index contributed by atoms with van der Waals surface area (Å²) in [7, 11) is 0. The van der Waals surface area contributed by atoms with Gasteiger partial charge < -0.3 is 9.15 Å². The number of carbonyl (C=O) groups is 1. The Balaban J connectivity index is 1.78. The highest BCUT2D eigenvalue weighted by atomic mass is 32.2. The largest absolute Gasteiger partial charge is 0.462 e. The van der Waals surface area contributed by atoms with E-state index in [1.54, 1.807) is 11.8 Å². The first-order valence-corrected chi connectivity index (χ1v) is 13.4. The molecule has 1 aromatic heterocycles. The lowest BCUT2D eigenvalue weighted by molar-refractivity contribution is -0.140. The van der Waals surface area contributed by atoms with Gasteiger partial charge >= 0.3 is 11.6 Å². The van der Waals surface area contributed by atoms with Crippen LogP contribution in [0.15, 0.2) is 69.2 Å².